The summed E-state index contributed by atoms with van der Waals surface area (Å²) in [5.41, 5.74) is 5.84. The fourth-order valence-corrected chi connectivity index (χ4v) is 5.61. The quantitative estimate of drug-likeness (QED) is 0.424. The maximum atomic E-state index is 11.5. The Bertz CT molecular complexity index is 1180. The van der Waals surface area contributed by atoms with Gasteiger partial charge in [0, 0.05) is 18.2 Å². The Kier molecular flexibility index (Phi) is 6.49. The number of methoxy groups -OCH3 is 1. The molecule has 1 aromatic heterocycles. The minimum atomic E-state index is -0.471. The number of esters is 1. The third-order valence-corrected chi connectivity index (χ3v) is 7.20. The summed E-state index contributed by atoms with van der Waals surface area (Å²) in [5, 5.41) is 22.5. The van der Waals surface area contributed by atoms with Crippen LogP contribution in [-0.4, -0.2) is 35.9 Å². The van der Waals surface area contributed by atoms with Crippen molar-refractivity contribution in [2.45, 2.75) is 38.8 Å². The van der Waals surface area contributed by atoms with Crippen LogP contribution in [0.1, 0.15) is 43.0 Å². The molecule has 4 rings (SSSR count). The van der Waals surface area contributed by atoms with Gasteiger partial charge in [-0.25, -0.2) is 0 Å². The third kappa shape index (κ3) is 4.35. The normalized spacial score (nSPS) is 15.3. The molecule has 0 amide bonds. The molecule has 0 radical (unpaired) electrons. The van der Waals surface area contributed by atoms with Crippen LogP contribution in [0.2, 0.25) is 0 Å². The number of hydrogen-bond donors (Lipinski definition) is 1. The van der Waals surface area contributed by atoms with E-state index in [-0.39, 0.29) is 24.7 Å². The zero-order valence-corrected chi connectivity index (χ0v) is 19.1. The smallest absolute Gasteiger partial charge is 0.319 e. The molecule has 0 fully saturated rings. The van der Waals surface area contributed by atoms with Crippen LogP contribution in [0.25, 0.3) is 15.5 Å². The molecule has 0 saturated heterocycles. The number of carbonyl (C=O) groups excluding carboxylic acids is 1. The Labute approximate surface area is 190 Å². The molecule has 1 aliphatic carbocycles. The molecule has 2 atom stereocenters. The zero-order valence-electron chi connectivity index (χ0n) is 18.3. The standard InChI is InChI=1S/C24H25N4O3S/c1-15(2)31-22-10-7-17(11-16(22)12-25)32-14-27-28-24(32)20-6-4-5-19-18(20)8-9-21(19)26-13-23(29)30-3/h4-7,10-11,14-15,21,26H,8-9,13H2,1-3H3/q+1/t21-,32?/m0/s1. The highest BCUT2D eigenvalue weighted by Gasteiger charge is 2.31. The van der Waals surface area contributed by atoms with Crippen molar-refractivity contribution >= 4 is 16.4 Å². The number of aromatic nitrogens is 2. The summed E-state index contributed by atoms with van der Waals surface area (Å²) in [6, 6.07) is 14.3. The van der Waals surface area contributed by atoms with E-state index in [1.807, 2.05) is 43.6 Å². The zero-order chi connectivity index (χ0) is 22.7. The van der Waals surface area contributed by atoms with Crippen molar-refractivity contribution in [1.29, 1.82) is 5.26 Å². The monoisotopic (exact) mass is 449 g/mol. The average molecular weight is 450 g/mol. The first-order valence-corrected chi connectivity index (χ1v) is 11.8. The van der Waals surface area contributed by atoms with E-state index in [0.29, 0.717) is 11.3 Å². The lowest BCUT2D eigenvalue weighted by Crippen LogP contribution is -2.27. The van der Waals surface area contributed by atoms with Gasteiger partial charge in [-0.3, -0.25) is 4.79 Å². The molecule has 1 heterocycles. The molecular formula is C24H25N4O3S+. The Morgan fingerprint density at radius 2 is 2.19 bits per heavy atom. The fourth-order valence-electron chi connectivity index (χ4n) is 4.00. The van der Waals surface area contributed by atoms with Gasteiger partial charge in [-0.15, -0.1) is 0 Å². The van der Waals surface area contributed by atoms with Crippen molar-refractivity contribution in [3.63, 3.8) is 0 Å². The molecule has 8 heteroatoms. The van der Waals surface area contributed by atoms with Crippen molar-refractivity contribution in [3.05, 3.63) is 58.6 Å². The van der Waals surface area contributed by atoms with Crippen LogP contribution in [0.3, 0.4) is 0 Å². The predicted octanol–water partition coefficient (Wildman–Crippen LogP) is 4.29. The number of fused-ring (bicyclic) bond motifs is 1. The van der Waals surface area contributed by atoms with Gasteiger partial charge >= 0.3 is 5.97 Å². The Hall–Kier alpha value is -3.28. The van der Waals surface area contributed by atoms with Crippen molar-refractivity contribution in [2.75, 3.05) is 13.7 Å². The maximum absolute atomic E-state index is 11.5. The van der Waals surface area contributed by atoms with E-state index in [1.165, 1.54) is 18.2 Å². The van der Waals surface area contributed by atoms with Crippen LogP contribution in [-0.2, 0) is 16.0 Å². The minimum Gasteiger partial charge on any atom is -0.490 e. The summed E-state index contributed by atoms with van der Waals surface area (Å²) in [6.07, 6.45) is 1.80. The van der Waals surface area contributed by atoms with Crippen LogP contribution >= 0.6 is 10.5 Å². The molecule has 0 spiro atoms. The van der Waals surface area contributed by atoms with Crippen molar-refractivity contribution in [1.82, 2.24) is 15.5 Å². The van der Waals surface area contributed by atoms with E-state index in [1.54, 1.807) is 0 Å². The molecule has 164 valence electrons. The van der Waals surface area contributed by atoms with Crippen molar-refractivity contribution < 1.29 is 14.3 Å². The lowest BCUT2D eigenvalue weighted by Gasteiger charge is -2.13. The number of hydrogen-bond acceptors (Lipinski definition) is 7. The number of rotatable bonds is 7. The highest BCUT2D eigenvalue weighted by atomic mass is 32.2. The van der Waals surface area contributed by atoms with Crippen LogP contribution < -0.4 is 10.1 Å². The maximum Gasteiger partial charge on any atom is 0.319 e. The summed E-state index contributed by atoms with van der Waals surface area (Å²) >= 11 is 0. The molecule has 3 aromatic rings. The molecule has 0 aliphatic heterocycles. The van der Waals surface area contributed by atoms with Crippen LogP contribution in [0.4, 0.5) is 0 Å². The Morgan fingerprint density at radius 3 is 2.94 bits per heavy atom. The first-order valence-electron chi connectivity index (χ1n) is 10.5. The second-order valence-electron chi connectivity index (χ2n) is 7.82. The molecule has 7 nitrogen and oxygen atoms in total. The number of nitrogens with one attached hydrogen (secondary N) is 1. The highest BCUT2D eigenvalue weighted by molar-refractivity contribution is 7.40. The van der Waals surface area contributed by atoms with Gasteiger partial charge in [-0.05, 0) is 49.9 Å². The summed E-state index contributed by atoms with van der Waals surface area (Å²) in [6.45, 7) is 4.06. The van der Waals surface area contributed by atoms with Gasteiger partial charge in [0.1, 0.15) is 11.8 Å². The van der Waals surface area contributed by atoms with Gasteiger partial charge in [0.25, 0.3) is 10.5 Å². The van der Waals surface area contributed by atoms with Crippen molar-refractivity contribution in [3.8, 4) is 27.3 Å². The van der Waals surface area contributed by atoms with Gasteiger partial charge in [0.15, 0.2) is 4.90 Å². The number of nitrogens with zero attached hydrogens (tertiary/aromatic N) is 3. The number of carbonyl (C=O) groups is 1. The molecule has 32 heavy (non-hydrogen) atoms. The largest absolute Gasteiger partial charge is 0.490 e. The molecule has 1 N–H and O–H groups in total. The first-order chi connectivity index (χ1) is 15.5. The first kappa shape index (κ1) is 21.9. The van der Waals surface area contributed by atoms with E-state index < -0.39 is 10.5 Å². The minimum absolute atomic E-state index is 0.00629. The third-order valence-electron chi connectivity index (χ3n) is 5.42. The summed E-state index contributed by atoms with van der Waals surface area (Å²) in [5.74, 6) is 0.313. The lowest BCUT2D eigenvalue weighted by atomic mass is 10.0. The van der Waals surface area contributed by atoms with E-state index >= 15 is 0 Å². The van der Waals surface area contributed by atoms with Crippen LogP contribution in [0, 0.1) is 11.3 Å². The SMILES string of the molecule is COC(=O)CN[C@H]1CCc2c(-c3nnc[s+]3-c3ccc(OC(C)C)c(C#N)c3)cccc21. The number of ether oxygens (including phenoxy) is 2. The lowest BCUT2D eigenvalue weighted by molar-refractivity contribution is -0.139. The fraction of sp³-hybridized carbons (Fsp3) is 0.333. The highest BCUT2D eigenvalue weighted by Crippen LogP contribution is 2.45. The molecule has 1 unspecified atom stereocenters. The van der Waals surface area contributed by atoms with E-state index in [4.69, 9.17) is 9.47 Å². The van der Waals surface area contributed by atoms with E-state index in [9.17, 15) is 10.1 Å². The molecule has 0 bridgehead atoms. The molecule has 1 aliphatic rings. The summed E-state index contributed by atoms with van der Waals surface area (Å²) in [7, 11) is 0.921. The van der Waals surface area contributed by atoms with Gasteiger partial charge in [0.05, 0.1) is 41.4 Å². The summed E-state index contributed by atoms with van der Waals surface area (Å²) < 4.78 is 10.5. The average Bonchev–Trinajstić information content (AvgIpc) is 3.44. The van der Waals surface area contributed by atoms with Gasteiger partial charge in [-0.1, -0.05) is 22.3 Å². The van der Waals surface area contributed by atoms with E-state index in [0.717, 1.165) is 28.3 Å². The number of benzene rings is 2. The van der Waals surface area contributed by atoms with Gasteiger partial charge in [0.2, 0.25) is 0 Å². The Morgan fingerprint density at radius 1 is 1.34 bits per heavy atom. The van der Waals surface area contributed by atoms with Gasteiger partial charge in [-0.2, -0.15) is 5.26 Å². The topological polar surface area (TPSA) is 97.1 Å². The van der Waals surface area contributed by atoms with Crippen LogP contribution in [0.5, 0.6) is 5.75 Å². The second-order valence-corrected chi connectivity index (χ2v) is 9.57. The van der Waals surface area contributed by atoms with Crippen LogP contribution in [0.15, 0.2) is 41.9 Å². The van der Waals surface area contributed by atoms with E-state index in [2.05, 4.69) is 33.7 Å². The van der Waals surface area contributed by atoms with Crippen molar-refractivity contribution in [2.24, 2.45) is 0 Å². The number of nitriles is 1. The molecule has 2 aromatic carbocycles. The predicted molar refractivity (Wildman–Crippen MR) is 123 cm³/mol. The Balaban J connectivity index is 1.68. The molecular weight excluding hydrogens is 424 g/mol. The summed E-state index contributed by atoms with van der Waals surface area (Å²) in [4.78, 5) is 12.5. The van der Waals surface area contributed by atoms with Gasteiger partial charge < -0.3 is 14.8 Å². The molecule has 0 saturated carbocycles. The second kappa shape index (κ2) is 9.47.